The molecule has 0 aromatic carbocycles. The summed E-state index contributed by atoms with van der Waals surface area (Å²) in [5, 5.41) is 4.64. The third kappa shape index (κ3) is 1.66. The van der Waals surface area contributed by atoms with Crippen LogP contribution in [0.5, 0.6) is 0 Å². The molecule has 0 atom stereocenters. The molecule has 1 aromatic rings. The van der Waals surface area contributed by atoms with Gasteiger partial charge in [-0.3, -0.25) is 4.68 Å². The van der Waals surface area contributed by atoms with E-state index in [2.05, 4.69) is 55.1 Å². The van der Waals surface area contributed by atoms with Gasteiger partial charge in [-0.2, -0.15) is 5.10 Å². The topological polar surface area (TPSA) is 21.1 Å². The highest BCUT2D eigenvalue weighted by atomic mass is 15.3. The first-order valence-corrected chi connectivity index (χ1v) is 5.38. The van der Waals surface area contributed by atoms with Gasteiger partial charge in [0.15, 0.2) is 0 Å². The van der Waals surface area contributed by atoms with Crippen LogP contribution in [-0.2, 0) is 12.0 Å². The van der Waals surface area contributed by atoms with E-state index < -0.39 is 0 Å². The Morgan fingerprint density at radius 1 is 1.33 bits per heavy atom. The van der Waals surface area contributed by atoms with Crippen molar-refractivity contribution in [2.24, 2.45) is 0 Å². The Bertz CT molecular complexity index is 395. The molecule has 3 nitrogen and oxygen atoms in total. The smallest absolute Gasteiger partial charge is 0.0841 e. The van der Waals surface area contributed by atoms with Crippen LogP contribution < -0.4 is 0 Å². The Morgan fingerprint density at radius 3 is 2.60 bits per heavy atom. The molecule has 2 heterocycles. The van der Waals surface area contributed by atoms with Crippen LogP contribution in [0, 0.1) is 0 Å². The fraction of sp³-hybridized carbons (Fsp3) is 0.583. The van der Waals surface area contributed by atoms with Gasteiger partial charge in [-0.1, -0.05) is 27.4 Å². The van der Waals surface area contributed by atoms with Crippen molar-refractivity contribution in [3.63, 3.8) is 0 Å². The SMILES string of the molecule is C=C1c2cc(C(C)(C)C)nn2CCN1C. The summed E-state index contributed by atoms with van der Waals surface area (Å²) in [5.74, 6) is 0. The summed E-state index contributed by atoms with van der Waals surface area (Å²) in [6, 6.07) is 2.16. The van der Waals surface area contributed by atoms with E-state index in [-0.39, 0.29) is 5.41 Å². The second-order valence-corrected chi connectivity index (χ2v) is 5.26. The van der Waals surface area contributed by atoms with Crippen LogP contribution in [0.25, 0.3) is 5.70 Å². The Labute approximate surface area is 91.4 Å². The van der Waals surface area contributed by atoms with Gasteiger partial charge in [0.2, 0.25) is 0 Å². The predicted octanol–water partition coefficient (Wildman–Crippen LogP) is 2.10. The Balaban J connectivity index is 2.44. The van der Waals surface area contributed by atoms with E-state index in [9.17, 15) is 0 Å². The molecule has 1 aliphatic rings. The zero-order valence-electron chi connectivity index (χ0n) is 10.0. The van der Waals surface area contributed by atoms with Gasteiger partial charge in [0, 0.05) is 19.0 Å². The molecule has 0 saturated heterocycles. The lowest BCUT2D eigenvalue weighted by Gasteiger charge is -2.27. The molecular weight excluding hydrogens is 186 g/mol. The molecule has 1 aromatic heterocycles. The monoisotopic (exact) mass is 205 g/mol. The number of fused-ring (bicyclic) bond motifs is 1. The highest BCUT2D eigenvalue weighted by Gasteiger charge is 2.24. The van der Waals surface area contributed by atoms with Crippen molar-refractivity contribution in [3.05, 3.63) is 24.0 Å². The number of hydrogen-bond donors (Lipinski definition) is 0. The highest BCUT2D eigenvalue weighted by Crippen LogP contribution is 2.27. The molecule has 0 N–H and O–H groups in total. The first-order chi connectivity index (χ1) is 6.89. The maximum atomic E-state index is 4.64. The molecule has 3 heteroatoms. The van der Waals surface area contributed by atoms with Gasteiger partial charge in [-0.05, 0) is 6.07 Å². The molecule has 0 amide bonds. The van der Waals surface area contributed by atoms with Gasteiger partial charge in [0.05, 0.1) is 23.6 Å². The van der Waals surface area contributed by atoms with Gasteiger partial charge in [0.25, 0.3) is 0 Å². The largest absolute Gasteiger partial charge is 0.371 e. The lowest BCUT2D eigenvalue weighted by Crippen LogP contribution is -2.29. The highest BCUT2D eigenvalue weighted by molar-refractivity contribution is 5.60. The van der Waals surface area contributed by atoms with Gasteiger partial charge in [-0.25, -0.2) is 0 Å². The minimum absolute atomic E-state index is 0.114. The van der Waals surface area contributed by atoms with E-state index in [0.29, 0.717) is 0 Å². The zero-order valence-corrected chi connectivity index (χ0v) is 10.0. The molecule has 2 rings (SSSR count). The van der Waals surface area contributed by atoms with E-state index >= 15 is 0 Å². The summed E-state index contributed by atoms with van der Waals surface area (Å²) in [6.45, 7) is 12.6. The summed E-state index contributed by atoms with van der Waals surface area (Å²) in [6.07, 6.45) is 0. The summed E-state index contributed by atoms with van der Waals surface area (Å²) in [4.78, 5) is 2.18. The maximum absolute atomic E-state index is 4.64. The first kappa shape index (κ1) is 10.3. The van der Waals surface area contributed by atoms with Crippen LogP contribution in [0.4, 0.5) is 0 Å². The predicted molar refractivity (Wildman–Crippen MR) is 62.6 cm³/mol. The number of hydrogen-bond acceptors (Lipinski definition) is 2. The van der Waals surface area contributed by atoms with Crippen molar-refractivity contribution in [3.8, 4) is 0 Å². The Morgan fingerprint density at radius 2 is 2.00 bits per heavy atom. The average molecular weight is 205 g/mol. The molecule has 82 valence electrons. The molecule has 0 unspecified atom stereocenters. The standard InChI is InChI=1S/C12H19N3/c1-9-10-8-11(12(2,3)4)13-15(10)7-6-14(9)5/h8H,1,6-7H2,2-5H3. The number of rotatable bonds is 0. The van der Waals surface area contributed by atoms with Gasteiger partial charge in [0.1, 0.15) is 0 Å². The van der Waals surface area contributed by atoms with E-state index in [1.165, 1.54) is 0 Å². The second-order valence-electron chi connectivity index (χ2n) is 5.26. The second kappa shape index (κ2) is 3.12. The summed E-state index contributed by atoms with van der Waals surface area (Å²) in [5.41, 5.74) is 3.50. The number of aromatic nitrogens is 2. The summed E-state index contributed by atoms with van der Waals surface area (Å²) >= 11 is 0. The zero-order chi connectivity index (χ0) is 11.2. The fourth-order valence-electron chi connectivity index (χ4n) is 1.76. The summed E-state index contributed by atoms with van der Waals surface area (Å²) in [7, 11) is 2.08. The van der Waals surface area contributed by atoms with Crippen LogP contribution in [0.1, 0.15) is 32.2 Å². The van der Waals surface area contributed by atoms with E-state index in [0.717, 1.165) is 30.2 Å². The molecule has 15 heavy (non-hydrogen) atoms. The normalized spacial score (nSPS) is 16.8. The van der Waals surface area contributed by atoms with Crippen LogP contribution in [0.3, 0.4) is 0 Å². The lowest BCUT2D eigenvalue weighted by atomic mass is 9.92. The molecule has 0 spiro atoms. The molecule has 0 aliphatic carbocycles. The third-order valence-corrected chi connectivity index (χ3v) is 2.95. The van der Waals surface area contributed by atoms with Crippen LogP contribution >= 0.6 is 0 Å². The van der Waals surface area contributed by atoms with Gasteiger partial charge in [-0.15, -0.1) is 0 Å². The van der Waals surface area contributed by atoms with Crippen LogP contribution in [0.15, 0.2) is 12.6 Å². The van der Waals surface area contributed by atoms with Gasteiger partial charge >= 0.3 is 0 Å². The minimum Gasteiger partial charge on any atom is -0.371 e. The lowest BCUT2D eigenvalue weighted by molar-refractivity contribution is 0.388. The van der Waals surface area contributed by atoms with Crippen molar-refractivity contribution in [2.75, 3.05) is 13.6 Å². The van der Waals surface area contributed by atoms with Crippen molar-refractivity contribution in [1.82, 2.24) is 14.7 Å². The van der Waals surface area contributed by atoms with E-state index in [1.807, 2.05) is 0 Å². The van der Waals surface area contributed by atoms with Crippen LogP contribution in [-0.4, -0.2) is 28.3 Å². The van der Waals surface area contributed by atoms with Crippen molar-refractivity contribution in [1.29, 1.82) is 0 Å². The molecular formula is C12H19N3. The van der Waals surface area contributed by atoms with Gasteiger partial charge < -0.3 is 4.90 Å². The Kier molecular flexibility index (Phi) is 2.14. The molecule has 1 aliphatic heterocycles. The van der Waals surface area contributed by atoms with E-state index in [1.54, 1.807) is 0 Å². The number of nitrogens with zero attached hydrogens (tertiary/aromatic N) is 3. The third-order valence-electron chi connectivity index (χ3n) is 2.95. The summed E-state index contributed by atoms with van der Waals surface area (Å²) < 4.78 is 2.07. The van der Waals surface area contributed by atoms with E-state index in [4.69, 9.17) is 0 Å². The fourth-order valence-corrected chi connectivity index (χ4v) is 1.76. The molecule has 0 fully saturated rings. The molecule has 0 radical (unpaired) electrons. The van der Waals surface area contributed by atoms with Crippen molar-refractivity contribution < 1.29 is 0 Å². The Hall–Kier alpha value is -1.25. The molecule has 0 bridgehead atoms. The first-order valence-electron chi connectivity index (χ1n) is 5.38. The van der Waals surface area contributed by atoms with Crippen LogP contribution in [0.2, 0.25) is 0 Å². The molecule has 0 saturated carbocycles. The quantitative estimate of drug-likeness (QED) is 0.646. The average Bonchev–Trinajstić information content (AvgIpc) is 2.55. The maximum Gasteiger partial charge on any atom is 0.0841 e. The minimum atomic E-state index is 0.114. The number of likely N-dealkylation sites (N-methyl/N-ethyl adjacent to an activating group) is 1. The van der Waals surface area contributed by atoms with Crippen molar-refractivity contribution >= 4 is 5.70 Å². The van der Waals surface area contributed by atoms with Crippen molar-refractivity contribution in [2.45, 2.75) is 32.7 Å².